The van der Waals surface area contributed by atoms with E-state index in [4.69, 9.17) is 15.9 Å². The molecular formula is C21H47NO2. The number of hydrogen-bond donors (Lipinski definition) is 3. The molecule has 0 aromatic heterocycles. The Bertz CT molecular complexity index is 182. The quantitative estimate of drug-likeness (QED) is 0.302. The lowest BCUT2D eigenvalue weighted by atomic mass is 10.0. The lowest BCUT2D eigenvalue weighted by Crippen LogP contribution is -2.03. The number of rotatable bonds is 17. The first-order valence-corrected chi connectivity index (χ1v) is 10.7. The van der Waals surface area contributed by atoms with Gasteiger partial charge in [0.05, 0.1) is 12.7 Å². The minimum absolute atomic E-state index is 0.139. The van der Waals surface area contributed by atoms with Crippen molar-refractivity contribution in [1.82, 2.24) is 0 Å². The van der Waals surface area contributed by atoms with Crippen molar-refractivity contribution in [2.75, 3.05) is 13.2 Å². The van der Waals surface area contributed by atoms with Crippen LogP contribution in [-0.4, -0.2) is 29.5 Å². The van der Waals surface area contributed by atoms with Crippen LogP contribution in [-0.2, 0) is 0 Å². The van der Waals surface area contributed by atoms with Crippen LogP contribution in [0.25, 0.3) is 0 Å². The minimum Gasteiger partial charge on any atom is -0.394 e. The summed E-state index contributed by atoms with van der Waals surface area (Å²) in [6, 6.07) is 0. The highest BCUT2D eigenvalue weighted by Crippen LogP contribution is 2.13. The molecular weight excluding hydrogens is 298 g/mol. The van der Waals surface area contributed by atoms with Gasteiger partial charge in [0, 0.05) is 0 Å². The van der Waals surface area contributed by atoms with Crippen molar-refractivity contribution in [1.29, 1.82) is 0 Å². The summed E-state index contributed by atoms with van der Waals surface area (Å²) in [5.41, 5.74) is 5.48. The molecule has 0 rings (SSSR count). The zero-order valence-electron chi connectivity index (χ0n) is 16.8. The predicted molar refractivity (Wildman–Crippen MR) is 107 cm³/mol. The van der Waals surface area contributed by atoms with Gasteiger partial charge < -0.3 is 15.9 Å². The van der Waals surface area contributed by atoms with Crippen molar-refractivity contribution in [3.63, 3.8) is 0 Å². The van der Waals surface area contributed by atoms with Gasteiger partial charge in [-0.25, -0.2) is 0 Å². The van der Waals surface area contributed by atoms with Gasteiger partial charge in [0.2, 0.25) is 0 Å². The van der Waals surface area contributed by atoms with E-state index in [0.29, 0.717) is 0 Å². The van der Waals surface area contributed by atoms with Gasteiger partial charge in [-0.1, -0.05) is 103 Å². The van der Waals surface area contributed by atoms with Crippen LogP contribution in [0, 0.1) is 0 Å². The summed E-state index contributed by atoms with van der Waals surface area (Å²) in [6.07, 6.45) is 22.3. The van der Waals surface area contributed by atoms with Crippen molar-refractivity contribution in [3.8, 4) is 0 Å². The van der Waals surface area contributed by atoms with E-state index in [1.807, 2.05) is 0 Å². The van der Waals surface area contributed by atoms with Crippen molar-refractivity contribution < 1.29 is 10.2 Å². The van der Waals surface area contributed by atoms with Crippen LogP contribution in [0.1, 0.15) is 117 Å². The molecule has 0 aliphatic carbocycles. The maximum Gasteiger partial charge on any atom is 0.0742 e. The highest BCUT2D eigenvalue weighted by atomic mass is 16.3. The van der Waals surface area contributed by atoms with Gasteiger partial charge >= 0.3 is 0 Å². The average Bonchev–Trinajstić information content (AvgIpc) is 2.59. The standard InChI is InChI=1S/C18H39N.C3H8O2/c1-2-3-4-5-6-7-8-9-10-11-12-13-14-15-16-17-18-19;1-3(5)2-4/h2-19H2,1H3;3-5H,2H2,1H3. The van der Waals surface area contributed by atoms with Gasteiger partial charge in [-0.3, -0.25) is 0 Å². The molecule has 3 nitrogen and oxygen atoms in total. The van der Waals surface area contributed by atoms with E-state index in [0.717, 1.165) is 6.54 Å². The Morgan fingerprint density at radius 1 is 0.625 bits per heavy atom. The summed E-state index contributed by atoms with van der Waals surface area (Å²) >= 11 is 0. The molecule has 0 fully saturated rings. The first-order chi connectivity index (χ1) is 11.7. The third kappa shape index (κ3) is 29.8. The van der Waals surface area contributed by atoms with Gasteiger partial charge in [-0.2, -0.15) is 0 Å². The molecule has 0 aromatic rings. The largest absolute Gasteiger partial charge is 0.394 e. The number of aliphatic hydroxyl groups excluding tert-OH is 2. The molecule has 3 heteroatoms. The summed E-state index contributed by atoms with van der Waals surface area (Å²) in [6.45, 7) is 4.55. The lowest BCUT2D eigenvalue weighted by molar-refractivity contribution is 0.110. The number of hydrogen-bond acceptors (Lipinski definition) is 3. The van der Waals surface area contributed by atoms with Crippen LogP contribution in [0.5, 0.6) is 0 Å². The second-order valence-electron chi connectivity index (χ2n) is 7.12. The highest BCUT2D eigenvalue weighted by Gasteiger charge is 1.94. The smallest absolute Gasteiger partial charge is 0.0742 e. The summed E-state index contributed by atoms with van der Waals surface area (Å²) in [4.78, 5) is 0. The fraction of sp³-hybridized carbons (Fsp3) is 1.00. The van der Waals surface area contributed by atoms with Gasteiger partial charge in [0.15, 0.2) is 0 Å². The summed E-state index contributed by atoms with van der Waals surface area (Å²) < 4.78 is 0. The van der Waals surface area contributed by atoms with Crippen LogP contribution in [0.3, 0.4) is 0 Å². The first-order valence-electron chi connectivity index (χ1n) is 10.7. The van der Waals surface area contributed by atoms with Gasteiger partial charge in [-0.05, 0) is 19.9 Å². The average molecular weight is 346 g/mol. The second kappa shape index (κ2) is 25.1. The van der Waals surface area contributed by atoms with Gasteiger partial charge in [0.25, 0.3) is 0 Å². The molecule has 0 aromatic carbocycles. The van der Waals surface area contributed by atoms with E-state index in [2.05, 4.69) is 6.92 Å². The zero-order valence-corrected chi connectivity index (χ0v) is 16.8. The second-order valence-corrected chi connectivity index (χ2v) is 7.12. The van der Waals surface area contributed by atoms with E-state index in [-0.39, 0.29) is 6.61 Å². The lowest BCUT2D eigenvalue weighted by Gasteiger charge is -2.03. The molecule has 0 bridgehead atoms. The van der Waals surface area contributed by atoms with Crippen LogP contribution in [0.2, 0.25) is 0 Å². The Balaban J connectivity index is 0. The highest BCUT2D eigenvalue weighted by molar-refractivity contribution is 4.50. The van der Waals surface area contributed by atoms with E-state index in [9.17, 15) is 0 Å². The van der Waals surface area contributed by atoms with Gasteiger partial charge in [-0.15, -0.1) is 0 Å². The molecule has 0 saturated carbocycles. The molecule has 0 heterocycles. The zero-order chi connectivity index (χ0) is 18.3. The molecule has 0 aliphatic rings. The van der Waals surface area contributed by atoms with E-state index in [1.54, 1.807) is 0 Å². The maximum atomic E-state index is 8.11. The van der Waals surface area contributed by atoms with Gasteiger partial charge in [0.1, 0.15) is 0 Å². The summed E-state index contributed by atoms with van der Waals surface area (Å²) in [7, 11) is 0. The number of aliphatic hydroxyl groups is 2. The SMILES string of the molecule is CC(O)CO.CCCCCCCCCCCCCCCCCCN. The molecule has 0 spiro atoms. The monoisotopic (exact) mass is 345 g/mol. The Hall–Kier alpha value is -0.120. The molecule has 1 atom stereocenters. The van der Waals surface area contributed by atoms with E-state index < -0.39 is 6.10 Å². The Labute approximate surface area is 152 Å². The van der Waals surface area contributed by atoms with Crippen LogP contribution < -0.4 is 5.73 Å². The Kier molecular flexibility index (Phi) is 27.3. The molecule has 1 unspecified atom stereocenters. The molecule has 4 N–H and O–H groups in total. The van der Waals surface area contributed by atoms with Crippen molar-refractivity contribution in [2.24, 2.45) is 5.73 Å². The number of unbranched alkanes of at least 4 members (excludes halogenated alkanes) is 15. The molecule has 0 aliphatic heterocycles. The van der Waals surface area contributed by atoms with Crippen LogP contribution in [0.4, 0.5) is 0 Å². The summed E-state index contributed by atoms with van der Waals surface area (Å²) in [5.74, 6) is 0. The third-order valence-electron chi connectivity index (χ3n) is 4.32. The topological polar surface area (TPSA) is 66.5 Å². The van der Waals surface area contributed by atoms with Crippen molar-refractivity contribution in [3.05, 3.63) is 0 Å². The Morgan fingerprint density at radius 3 is 1.08 bits per heavy atom. The fourth-order valence-corrected chi connectivity index (χ4v) is 2.69. The molecule has 0 radical (unpaired) electrons. The van der Waals surface area contributed by atoms with E-state index >= 15 is 0 Å². The first kappa shape index (κ1) is 26.1. The van der Waals surface area contributed by atoms with Crippen LogP contribution >= 0.6 is 0 Å². The van der Waals surface area contributed by atoms with Crippen molar-refractivity contribution >= 4 is 0 Å². The molecule has 0 saturated heterocycles. The third-order valence-corrected chi connectivity index (χ3v) is 4.32. The normalized spacial score (nSPS) is 11.9. The number of nitrogens with two attached hydrogens (primary N) is 1. The maximum absolute atomic E-state index is 8.11. The van der Waals surface area contributed by atoms with Crippen molar-refractivity contribution in [2.45, 2.75) is 123 Å². The van der Waals surface area contributed by atoms with E-state index in [1.165, 1.54) is 110 Å². The molecule has 0 amide bonds. The summed E-state index contributed by atoms with van der Waals surface area (Å²) in [5, 5.41) is 16.0. The molecule has 148 valence electrons. The molecule has 24 heavy (non-hydrogen) atoms. The minimum atomic E-state index is -0.560. The predicted octanol–water partition coefficient (Wildman–Crippen LogP) is 5.57. The Morgan fingerprint density at radius 2 is 0.875 bits per heavy atom. The van der Waals surface area contributed by atoms with Crippen LogP contribution in [0.15, 0.2) is 0 Å². The fourth-order valence-electron chi connectivity index (χ4n) is 2.69.